The number of benzene rings is 1. The molecule has 0 spiro atoms. The van der Waals surface area contributed by atoms with Crippen molar-refractivity contribution in [3.05, 3.63) is 40.9 Å². The van der Waals surface area contributed by atoms with Gasteiger partial charge in [0, 0.05) is 17.0 Å². The van der Waals surface area contributed by atoms with E-state index in [0.29, 0.717) is 10.7 Å². The van der Waals surface area contributed by atoms with Gasteiger partial charge < -0.3 is 5.11 Å². The van der Waals surface area contributed by atoms with Crippen LogP contribution in [0.3, 0.4) is 0 Å². The van der Waals surface area contributed by atoms with Crippen LogP contribution in [0.15, 0.2) is 23.6 Å². The fraction of sp³-hybridized carbons (Fsp3) is 0.100. The third-order valence-corrected chi connectivity index (χ3v) is 2.80. The summed E-state index contributed by atoms with van der Waals surface area (Å²) in [6.45, 7) is -0.181. The summed E-state index contributed by atoms with van der Waals surface area (Å²) in [5, 5.41) is 10.9. The maximum absolute atomic E-state index is 13.3. The van der Waals surface area contributed by atoms with E-state index < -0.39 is 11.6 Å². The largest absolute Gasteiger partial charge is 0.390 e. The number of nitrogens with zero attached hydrogens (tertiary/aromatic N) is 1. The highest BCUT2D eigenvalue weighted by molar-refractivity contribution is 7.13. The lowest BCUT2D eigenvalue weighted by molar-refractivity contribution is 0.278. The fourth-order valence-corrected chi connectivity index (χ4v) is 2.00. The number of hydrogen-bond donors (Lipinski definition) is 1. The van der Waals surface area contributed by atoms with Crippen molar-refractivity contribution in [1.29, 1.82) is 0 Å². The summed E-state index contributed by atoms with van der Waals surface area (Å²) in [4.78, 5) is 4.00. The summed E-state index contributed by atoms with van der Waals surface area (Å²) in [6.07, 6.45) is 0. The molecule has 0 bridgehead atoms. The van der Waals surface area contributed by atoms with Gasteiger partial charge in [0.25, 0.3) is 0 Å². The van der Waals surface area contributed by atoms with Crippen LogP contribution in [0.4, 0.5) is 8.78 Å². The van der Waals surface area contributed by atoms with Gasteiger partial charge in [0.2, 0.25) is 0 Å². The van der Waals surface area contributed by atoms with Crippen LogP contribution < -0.4 is 0 Å². The molecule has 0 unspecified atom stereocenters. The first-order valence-electron chi connectivity index (χ1n) is 4.21. The van der Waals surface area contributed by atoms with Crippen LogP contribution in [-0.2, 0) is 6.61 Å². The van der Waals surface area contributed by atoms with Gasteiger partial charge in [-0.25, -0.2) is 13.8 Å². The van der Waals surface area contributed by atoms with Gasteiger partial charge in [-0.2, -0.15) is 0 Å². The zero-order chi connectivity index (χ0) is 10.8. The van der Waals surface area contributed by atoms with Crippen LogP contribution in [0, 0.1) is 11.6 Å². The van der Waals surface area contributed by atoms with Crippen molar-refractivity contribution < 1.29 is 13.9 Å². The quantitative estimate of drug-likeness (QED) is 0.855. The van der Waals surface area contributed by atoms with Crippen LogP contribution >= 0.6 is 11.3 Å². The molecule has 2 nitrogen and oxygen atoms in total. The SMILES string of the molecule is OCc1csc(-c2ccc(F)cc2F)n1. The van der Waals surface area contributed by atoms with Gasteiger partial charge in [0.15, 0.2) is 0 Å². The van der Waals surface area contributed by atoms with Gasteiger partial charge >= 0.3 is 0 Å². The Kier molecular flexibility index (Phi) is 2.75. The summed E-state index contributed by atoms with van der Waals surface area (Å²) in [5.74, 6) is -1.26. The molecule has 78 valence electrons. The van der Waals surface area contributed by atoms with Crippen LogP contribution in [-0.4, -0.2) is 10.1 Å². The molecule has 0 saturated carbocycles. The van der Waals surface area contributed by atoms with Crippen LogP contribution in [0.1, 0.15) is 5.69 Å². The van der Waals surface area contributed by atoms with Crippen molar-refractivity contribution in [1.82, 2.24) is 4.98 Å². The Hall–Kier alpha value is -1.33. The molecule has 1 N–H and O–H groups in total. The van der Waals surface area contributed by atoms with Crippen molar-refractivity contribution >= 4 is 11.3 Å². The van der Waals surface area contributed by atoms with Crippen LogP contribution in [0.25, 0.3) is 10.6 Å². The Morgan fingerprint density at radius 3 is 2.73 bits per heavy atom. The summed E-state index contributed by atoms with van der Waals surface area (Å²) in [5.41, 5.74) is 0.736. The van der Waals surface area contributed by atoms with Crippen LogP contribution in [0.2, 0.25) is 0 Å². The van der Waals surface area contributed by atoms with E-state index in [0.717, 1.165) is 6.07 Å². The van der Waals surface area contributed by atoms with Gasteiger partial charge in [0.05, 0.1) is 12.3 Å². The van der Waals surface area contributed by atoms with Gasteiger partial charge in [-0.3, -0.25) is 0 Å². The van der Waals surface area contributed by atoms with Crippen molar-refractivity contribution in [2.75, 3.05) is 0 Å². The Morgan fingerprint density at radius 1 is 1.33 bits per heavy atom. The smallest absolute Gasteiger partial charge is 0.136 e. The normalized spacial score (nSPS) is 10.6. The molecule has 0 atom stereocenters. The van der Waals surface area contributed by atoms with Gasteiger partial charge in [-0.1, -0.05) is 0 Å². The van der Waals surface area contributed by atoms with E-state index in [1.165, 1.54) is 23.5 Å². The first kappa shape index (κ1) is 10.2. The van der Waals surface area contributed by atoms with Gasteiger partial charge in [-0.15, -0.1) is 11.3 Å². The highest BCUT2D eigenvalue weighted by atomic mass is 32.1. The third kappa shape index (κ3) is 2.03. The van der Waals surface area contributed by atoms with E-state index in [-0.39, 0.29) is 12.2 Å². The molecule has 0 aliphatic carbocycles. The number of rotatable bonds is 2. The lowest BCUT2D eigenvalue weighted by Crippen LogP contribution is -1.87. The summed E-state index contributed by atoms with van der Waals surface area (Å²) in [7, 11) is 0. The molecule has 5 heteroatoms. The molecule has 1 aromatic carbocycles. The highest BCUT2D eigenvalue weighted by Crippen LogP contribution is 2.26. The minimum Gasteiger partial charge on any atom is -0.390 e. The van der Waals surface area contributed by atoms with E-state index in [1.807, 2.05) is 0 Å². The lowest BCUT2D eigenvalue weighted by atomic mass is 10.2. The maximum atomic E-state index is 13.3. The second-order valence-electron chi connectivity index (χ2n) is 2.93. The zero-order valence-corrected chi connectivity index (χ0v) is 8.39. The molecule has 2 rings (SSSR count). The monoisotopic (exact) mass is 227 g/mol. The summed E-state index contributed by atoms with van der Waals surface area (Å²) < 4.78 is 26.0. The number of thiazole rings is 1. The van der Waals surface area contributed by atoms with E-state index in [4.69, 9.17) is 5.11 Å². The fourth-order valence-electron chi connectivity index (χ4n) is 1.17. The predicted molar refractivity (Wildman–Crippen MR) is 53.4 cm³/mol. The molecule has 0 saturated heterocycles. The number of aliphatic hydroxyl groups is 1. The van der Waals surface area contributed by atoms with Crippen molar-refractivity contribution in [2.24, 2.45) is 0 Å². The minimum absolute atomic E-state index is 0.181. The molecule has 0 aliphatic heterocycles. The van der Waals surface area contributed by atoms with E-state index in [9.17, 15) is 8.78 Å². The molecule has 0 fully saturated rings. The number of aliphatic hydroxyl groups excluding tert-OH is 1. The molecule has 2 aromatic rings. The van der Waals surface area contributed by atoms with Crippen molar-refractivity contribution in [3.63, 3.8) is 0 Å². The number of halogens is 2. The van der Waals surface area contributed by atoms with Gasteiger partial charge in [0.1, 0.15) is 16.6 Å². The molecule has 0 aliphatic rings. The zero-order valence-electron chi connectivity index (χ0n) is 7.58. The Bertz CT molecular complexity index is 484. The summed E-state index contributed by atoms with van der Waals surface area (Å²) >= 11 is 1.21. The minimum atomic E-state index is -0.645. The summed E-state index contributed by atoms with van der Waals surface area (Å²) in [6, 6.07) is 3.33. The first-order chi connectivity index (χ1) is 7.20. The Balaban J connectivity index is 2.44. The predicted octanol–water partition coefficient (Wildman–Crippen LogP) is 2.58. The molecule has 1 aromatic heterocycles. The second kappa shape index (κ2) is 4.04. The maximum Gasteiger partial charge on any atom is 0.136 e. The molecular weight excluding hydrogens is 220 g/mol. The number of aromatic nitrogens is 1. The van der Waals surface area contributed by atoms with E-state index in [2.05, 4.69) is 4.98 Å². The molecular formula is C10H7F2NOS. The average Bonchev–Trinajstić information content (AvgIpc) is 2.66. The van der Waals surface area contributed by atoms with Crippen molar-refractivity contribution in [2.45, 2.75) is 6.61 Å². The molecule has 1 heterocycles. The Morgan fingerprint density at radius 2 is 2.13 bits per heavy atom. The van der Waals surface area contributed by atoms with Gasteiger partial charge in [-0.05, 0) is 12.1 Å². The Labute approximate surface area is 88.8 Å². The standard InChI is InChI=1S/C10H7F2NOS/c11-6-1-2-8(9(12)3-6)10-13-7(4-14)5-15-10/h1-3,5,14H,4H2. The van der Waals surface area contributed by atoms with E-state index >= 15 is 0 Å². The highest BCUT2D eigenvalue weighted by Gasteiger charge is 2.10. The second-order valence-corrected chi connectivity index (χ2v) is 3.78. The lowest BCUT2D eigenvalue weighted by Gasteiger charge is -1.98. The molecule has 0 amide bonds. The van der Waals surface area contributed by atoms with Crippen LogP contribution in [0.5, 0.6) is 0 Å². The number of hydrogen-bond acceptors (Lipinski definition) is 3. The van der Waals surface area contributed by atoms with E-state index in [1.54, 1.807) is 5.38 Å². The van der Waals surface area contributed by atoms with Crippen molar-refractivity contribution in [3.8, 4) is 10.6 Å². The molecule has 15 heavy (non-hydrogen) atoms. The first-order valence-corrected chi connectivity index (χ1v) is 5.09. The average molecular weight is 227 g/mol. The third-order valence-electron chi connectivity index (χ3n) is 1.88. The molecule has 0 radical (unpaired) electrons. The topological polar surface area (TPSA) is 33.1 Å².